The molecule has 174 valence electrons. The molecule has 10 heteroatoms. The van der Waals surface area contributed by atoms with Gasteiger partial charge in [-0.2, -0.15) is 0 Å². The molecule has 1 amide bonds. The quantitative estimate of drug-likeness (QED) is 0.633. The van der Waals surface area contributed by atoms with Crippen molar-refractivity contribution in [2.45, 2.75) is 49.2 Å². The third-order valence-electron chi connectivity index (χ3n) is 6.83. The summed E-state index contributed by atoms with van der Waals surface area (Å²) in [6.45, 7) is 0.514. The Bertz CT molecular complexity index is 1040. The minimum Gasteiger partial charge on any atom is -0.451 e. The maximum absolute atomic E-state index is 13.1. The number of rotatable bonds is 6. The summed E-state index contributed by atoms with van der Waals surface area (Å²) in [5.74, 6) is -0.142. The number of alkyl halides is 1. The van der Waals surface area contributed by atoms with Gasteiger partial charge in [0.25, 0.3) is 5.91 Å². The van der Waals surface area contributed by atoms with E-state index in [-0.39, 0.29) is 60.0 Å². The largest absolute Gasteiger partial charge is 0.451 e. The Morgan fingerprint density at radius 1 is 1.18 bits per heavy atom. The van der Waals surface area contributed by atoms with Crippen LogP contribution in [0.4, 0.5) is 0 Å². The molecular formula is C23H25ClN4O5. The van der Waals surface area contributed by atoms with Gasteiger partial charge in [0.2, 0.25) is 0 Å². The molecule has 5 rings (SSSR count). The maximum atomic E-state index is 13.1. The topological polar surface area (TPSA) is 115 Å². The molecule has 1 N–H and O–H groups in total. The van der Waals surface area contributed by atoms with Crippen LogP contribution in [0.25, 0.3) is 11.3 Å². The predicted octanol–water partition coefficient (Wildman–Crippen LogP) is 1.85. The summed E-state index contributed by atoms with van der Waals surface area (Å²) in [5, 5.41) is 2.42. The second-order valence-electron chi connectivity index (χ2n) is 8.80. The standard InChI is InChI=1S/C23H25ClN4O5/c24-15-10-28(21-18(30)11-32-22(15)21)16-4-2-1-3-14(16)17(29)9-27-23(31)20-6-5-19(33-20)13-7-25-12-26-8-13/h5-8,12,14-16,21-22H,1-4,9-11H2,(H,27,31)/t14-,15-,16?,21+,22+/m0/s1. The lowest BCUT2D eigenvalue weighted by molar-refractivity contribution is -0.128. The Labute approximate surface area is 195 Å². The lowest BCUT2D eigenvalue weighted by Gasteiger charge is -2.39. The van der Waals surface area contributed by atoms with E-state index in [1.807, 2.05) is 0 Å². The average Bonchev–Trinajstić information content (AvgIpc) is 3.56. The molecule has 1 aliphatic carbocycles. The molecule has 2 aromatic heterocycles. The first-order chi connectivity index (χ1) is 16.0. The zero-order valence-electron chi connectivity index (χ0n) is 18.0. The molecule has 0 spiro atoms. The minimum atomic E-state index is -0.458. The molecule has 33 heavy (non-hydrogen) atoms. The number of ketones is 2. The molecule has 0 bridgehead atoms. The highest BCUT2D eigenvalue weighted by Gasteiger charge is 2.53. The number of amides is 1. The number of hydrogen-bond donors (Lipinski definition) is 1. The van der Waals surface area contributed by atoms with Gasteiger partial charge in [-0.3, -0.25) is 19.3 Å². The van der Waals surface area contributed by atoms with Gasteiger partial charge in [0.05, 0.1) is 29.6 Å². The summed E-state index contributed by atoms with van der Waals surface area (Å²) in [5.41, 5.74) is 0.657. The van der Waals surface area contributed by atoms with Crippen molar-refractivity contribution in [1.82, 2.24) is 20.2 Å². The van der Waals surface area contributed by atoms with E-state index in [2.05, 4.69) is 20.2 Å². The number of nitrogens with one attached hydrogen (secondary N) is 1. The Morgan fingerprint density at radius 3 is 2.79 bits per heavy atom. The number of hydrogen-bond acceptors (Lipinski definition) is 8. The lowest BCUT2D eigenvalue weighted by Crippen LogP contribution is -2.52. The Hall–Kier alpha value is -2.62. The number of furan rings is 1. The summed E-state index contributed by atoms with van der Waals surface area (Å²) >= 11 is 6.46. The minimum absolute atomic E-state index is 0.0330. The summed E-state index contributed by atoms with van der Waals surface area (Å²) in [6.07, 6.45) is 7.78. The molecule has 3 aliphatic rings. The second kappa shape index (κ2) is 9.32. The Balaban J connectivity index is 1.23. The molecule has 1 unspecified atom stereocenters. The van der Waals surface area contributed by atoms with Gasteiger partial charge >= 0.3 is 0 Å². The highest BCUT2D eigenvalue weighted by atomic mass is 35.5. The zero-order chi connectivity index (χ0) is 22.9. The molecule has 1 saturated carbocycles. The van der Waals surface area contributed by atoms with E-state index < -0.39 is 5.91 Å². The van der Waals surface area contributed by atoms with Gasteiger partial charge in [0, 0.05) is 30.9 Å². The zero-order valence-corrected chi connectivity index (χ0v) is 18.7. The van der Waals surface area contributed by atoms with Gasteiger partial charge in [0.15, 0.2) is 17.3 Å². The lowest BCUT2D eigenvalue weighted by atomic mass is 9.80. The fraction of sp³-hybridized carbons (Fsp3) is 0.522. The second-order valence-corrected chi connectivity index (χ2v) is 9.36. The van der Waals surface area contributed by atoms with E-state index in [1.165, 1.54) is 6.33 Å². The first kappa shape index (κ1) is 22.2. The number of aromatic nitrogens is 2. The monoisotopic (exact) mass is 472 g/mol. The summed E-state index contributed by atoms with van der Waals surface area (Å²) in [6, 6.07) is 2.78. The number of carbonyl (C=O) groups excluding carboxylic acids is 3. The van der Waals surface area contributed by atoms with Crippen LogP contribution in [0.3, 0.4) is 0 Å². The van der Waals surface area contributed by atoms with Crippen LogP contribution in [0.5, 0.6) is 0 Å². The molecule has 2 aromatic rings. The van der Waals surface area contributed by atoms with Crippen LogP contribution in [0, 0.1) is 5.92 Å². The average molecular weight is 473 g/mol. The van der Waals surface area contributed by atoms with Crippen LogP contribution in [-0.2, 0) is 14.3 Å². The van der Waals surface area contributed by atoms with E-state index in [1.54, 1.807) is 24.5 Å². The Morgan fingerprint density at radius 2 is 1.97 bits per heavy atom. The number of Topliss-reactive ketones (excluding diaryl/α,β-unsaturated/α-hetero) is 2. The van der Waals surface area contributed by atoms with Crippen molar-refractivity contribution in [3.05, 3.63) is 36.6 Å². The molecule has 3 fully saturated rings. The molecule has 4 heterocycles. The van der Waals surface area contributed by atoms with Crippen LogP contribution < -0.4 is 5.32 Å². The van der Waals surface area contributed by atoms with Crippen LogP contribution in [0.1, 0.15) is 36.2 Å². The smallest absolute Gasteiger partial charge is 0.287 e. The Kier molecular flexibility index (Phi) is 6.27. The van der Waals surface area contributed by atoms with Crippen molar-refractivity contribution >= 4 is 29.1 Å². The molecule has 2 aliphatic heterocycles. The number of carbonyl (C=O) groups is 3. The van der Waals surface area contributed by atoms with Gasteiger partial charge in [-0.15, -0.1) is 11.6 Å². The summed E-state index contributed by atoms with van der Waals surface area (Å²) in [7, 11) is 0. The maximum Gasteiger partial charge on any atom is 0.287 e. The number of ether oxygens (including phenoxy) is 1. The van der Waals surface area contributed by atoms with Gasteiger partial charge in [-0.1, -0.05) is 12.8 Å². The number of halogens is 1. The molecular weight excluding hydrogens is 448 g/mol. The van der Waals surface area contributed by atoms with Crippen LogP contribution in [0.2, 0.25) is 0 Å². The fourth-order valence-electron chi connectivity index (χ4n) is 5.29. The number of likely N-dealkylation sites (tertiary alicyclic amines) is 1. The molecule has 2 saturated heterocycles. The number of nitrogens with zero attached hydrogens (tertiary/aromatic N) is 3. The third-order valence-corrected chi connectivity index (χ3v) is 7.21. The highest BCUT2D eigenvalue weighted by Crippen LogP contribution is 2.38. The van der Waals surface area contributed by atoms with Crippen LogP contribution in [0.15, 0.2) is 35.3 Å². The SMILES string of the molecule is O=C(NCC(=O)[C@H]1CCCCC1N1C[C@H](Cl)[C@H]2OCC(=O)[C@H]21)c1ccc(-c2cncnc2)o1. The first-order valence-electron chi connectivity index (χ1n) is 11.2. The molecule has 0 aromatic carbocycles. The van der Waals surface area contributed by atoms with Gasteiger partial charge in [-0.25, -0.2) is 9.97 Å². The van der Waals surface area contributed by atoms with Crippen molar-refractivity contribution in [2.75, 3.05) is 19.7 Å². The van der Waals surface area contributed by atoms with Crippen molar-refractivity contribution in [2.24, 2.45) is 5.92 Å². The van der Waals surface area contributed by atoms with Gasteiger partial charge in [-0.05, 0) is 25.0 Å². The highest BCUT2D eigenvalue weighted by molar-refractivity contribution is 6.22. The van der Waals surface area contributed by atoms with E-state index in [0.29, 0.717) is 17.9 Å². The van der Waals surface area contributed by atoms with Crippen molar-refractivity contribution in [3.63, 3.8) is 0 Å². The molecule has 9 nitrogen and oxygen atoms in total. The van der Waals surface area contributed by atoms with E-state index >= 15 is 0 Å². The molecule has 5 atom stereocenters. The van der Waals surface area contributed by atoms with Crippen molar-refractivity contribution in [3.8, 4) is 11.3 Å². The summed E-state index contributed by atoms with van der Waals surface area (Å²) < 4.78 is 11.2. The van der Waals surface area contributed by atoms with E-state index in [4.69, 9.17) is 20.8 Å². The van der Waals surface area contributed by atoms with E-state index in [9.17, 15) is 14.4 Å². The van der Waals surface area contributed by atoms with Crippen molar-refractivity contribution < 1.29 is 23.5 Å². The number of fused-ring (bicyclic) bond motifs is 1. The van der Waals surface area contributed by atoms with E-state index in [0.717, 1.165) is 25.7 Å². The first-order valence-corrected chi connectivity index (χ1v) is 11.7. The molecule has 0 radical (unpaired) electrons. The van der Waals surface area contributed by atoms with Gasteiger partial charge < -0.3 is 14.5 Å². The normalized spacial score (nSPS) is 29.7. The third kappa shape index (κ3) is 4.32. The predicted molar refractivity (Wildman–Crippen MR) is 118 cm³/mol. The van der Waals surface area contributed by atoms with Gasteiger partial charge in [0.1, 0.15) is 18.7 Å². The van der Waals surface area contributed by atoms with Crippen molar-refractivity contribution in [1.29, 1.82) is 0 Å². The fourth-order valence-corrected chi connectivity index (χ4v) is 5.66. The van der Waals surface area contributed by atoms with Crippen LogP contribution >= 0.6 is 11.6 Å². The summed E-state index contributed by atoms with van der Waals surface area (Å²) in [4.78, 5) is 48.1. The van der Waals surface area contributed by atoms with Crippen LogP contribution in [-0.4, -0.2) is 75.6 Å².